The maximum Gasteiger partial charge on any atom is 0.217 e. The molecule has 0 aliphatic heterocycles. The molecule has 2 fully saturated rings. The van der Waals surface area contributed by atoms with E-state index in [0.29, 0.717) is 4.38 Å². The Hall–Kier alpha value is 0.240. The number of hydrogen-bond donors (Lipinski definition) is 1. The van der Waals surface area contributed by atoms with E-state index >= 15 is 0 Å². The van der Waals surface area contributed by atoms with E-state index in [1.165, 1.54) is 32.1 Å². The van der Waals surface area contributed by atoms with Gasteiger partial charge in [0, 0.05) is 0 Å². The summed E-state index contributed by atoms with van der Waals surface area (Å²) < 4.78 is 6.01. The molecular weight excluding hydrogens is 176 g/mol. The molecule has 2 rings (SSSR count). The van der Waals surface area contributed by atoms with Crippen LogP contribution in [0, 0.1) is 5.92 Å². The third kappa shape index (κ3) is 1.41. The van der Waals surface area contributed by atoms with Crippen LogP contribution in [0.2, 0.25) is 0 Å². The average molecular weight is 188 g/mol. The molecule has 11 heavy (non-hydrogen) atoms. The molecule has 0 saturated heterocycles. The Labute approximate surface area is 77.9 Å². The standard InChI is InChI=1S/C8H12OS2/c10-7(11)9-8-3-1-6(5-8)2-4-8/h6H,1-5H2,(H,10,11). The number of hydrogen-bond acceptors (Lipinski definition) is 2. The van der Waals surface area contributed by atoms with Crippen LogP contribution in [0.5, 0.6) is 0 Å². The van der Waals surface area contributed by atoms with Crippen molar-refractivity contribution in [2.24, 2.45) is 5.92 Å². The molecule has 0 N–H and O–H groups in total. The molecule has 0 aromatic carbocycles. The number of fused-ring (bicyclic) bond motifs is 2. The molecule has 62 valence electrons. The van der Waals surface area contributed by atoms with Crippen molar-refractivity contribution in [3.05, 3.63) is 0 Å². The van der Waals surface area contributed by atoms with Crippen molar-refractivity contribution < 1.29 is 4.74 Å². The fourth-order valence-electron chi connectivity index (χ4n) is 2.47. The second-order valence-electron chi connectivity index (χ2n) is 3.70. The van der Waals surface area contributed by atoms with Crippen LogP contribution in [0.15, 0.2) is 0 Å². The molecule has 3 heteroatoms. The predicted octanol–water partition coefficient (Wildman–Crippen LogP) is 2.55. The van der Waals surface area contributed by atoms with Gasteiger partial charge >= 0.3 is 0 Å². The van der Waals surface area contributed by atoms with E-state index in [-0.39, 0.29) is 5.60 Å². The van der Waals surface area contributed by atoms with E-state index < -0.39 is 0 Å². The van der Waals surface area contributed by atoms with Crippen molar-refractivity contribution in [2.75, 3.05) is 0 Å². The highest BCUT2D eigenvalue weighted by Gasteiger charge is 2.46. The maximum atomic E-state index is 5.59. The first-order valence-electron chi connectivity index (χ1n) is 4.12. The van der Waals surface area contributed by atoms with Crippen molar-refractivity contribution in [1.29, 1.82) is 0 Å². The lowest BCUT2D eigenvalue weighted by Gasteiger charge is -2.26. The lowest BCUT2D eigenvalue weighted by atomic mass is 9.97. The van der Waals surface area contributed by atoms with Gasteiger partial charge in [-0.25, -0.2) is 0 Å². The predicted molar refractivity (Wildman–Crippen MR) is 52.0 cm³/mol. The van der Waals surface area contributed by atoms with Gasteiger partial charge in [-0.15, -0.1) is 0 Å². The molecule has 0 aromatic rings. The lowest BCUT2D eigenvalue weighted by molar-refractivity contribution is 0.0762. The second-order valence-corrected chi connectivity index (χ2v) is 4.78. The maximum absolute atomic E-state index is 5.59. The van der Waals surface area contributed by atoms with Gasteiger partial charge in [-0.2, -0.15) is 0 Å². The van der Waals surface area contributed by atoms with Crippen LogP contribution in [0.4, 0.5) is 0 Å². The smallest absolute Gasteiger partial charge is 0.217 e. The highest BCUT2D eigenvalue weighted by Crippen LogP contribution is 2.50. The summed E-state index contributed by atoms with van der Waals surface area (Å²) in [5, 5.41) is 0. The number of ether oxygens (including phenoxy) is 1. The summed E-state index contributed by atoms with van der Waals surface area (Å²) >= 11 is 8.84. The SMILES string of the molecule is S=C(S)OC12CCC(CC1)C2. The second kappa shape index (κ2) is 2.63. The quantitative estimate of drug-likeness (QED) is 0.500. The minimum Gasteiger partial charge on any atom is -0.472 e. The van der Waals surface area contributed by atoms with Crippen molar-refractivity contribution in [3.8, 4) is 0 Å². The Morgan fingerprint density at radius 2 is 2.09 bits per heavy atom. The number of thiocarbonyl (C=S) groups is 1. The minimum atomic E-state index is 0.115. The monoisotopic (exact) mass is 188 g/mol. The zero-order valence-electron chi connectivity index (χ0n) is 6.38. The van der Waals surface area contributed by atoms with Crippen LogP contribution < -0.4 is 0 Å². The summed E-state index contributed by atoms with van der Waals surface area (Å²) in [6.07, 6.45) is 6.26. The fraction of sp³-hybridized carbons (Fsp3) is 0.875. The topological polar surface area (TPSA) is 9.23 Å². The highest BCUT2D eigenvalue weighted by atomic mass is 32.1. The van der Waals surface area contributed by atoms with Crippen LogP contribution in [-0.2, 0) is 4.74 Å². The summed E-state index contributed by atoms with van der Waals surface area (Å²) in [4.78, 5) is 0. The molecule has 0 unspecified atom stereocenters. The van der Waals surface area contributed by atoms with E-state index in [0.717, 1.165) is 5.92 Å². The molecule has 0 amide bonds. The fourth-order valence-corrected chi connectivity index (χ4v) is 2.84. The van der Waals surface area contributed by atoms with Crippen LogP contribution in [-0.4, -0.2) is 9.98 Å². The Morgan fingerprint density at radius 1 is 1.45 bits per heavy atom. The van der Waals surface area contributed by atoms with Gasteiger partial charge in [-0.1, -0.05) is 12.6 Å². The molecular formula is C8H12OS2. The molecule has 0 atom stereocenters. The Balaban J connectivity index is 2.05. The van der Waals surface area contributed by atoms with E-state index in [4.69, 9.17) is 17.0 Å². The van der Waals surface area contributed by atoms with Gasteiger partial charge in [0.2, 0.25) is 4.38 Å². The molecule has 0 radical (unpaired) electrons. The van der Waals surface area contributed by atoms with Gasteiger partial charge in [-0.05, 0) is 50.2 Å². The first-order valence-corrected chi connectivity index (χ1v) is 4.98. The summed E-state index contributed by atoms with van der Waals surface area (Å²) in [6.45, 7) is 0. The third-order valence-electron chi connectivity index (χ3n) is 2.98. The van der Waals surface area contributed by atoms with Crippen molar-refractivity contribution in [3.63, 3.8) is 0 Å². The van der Waals surface area contributed by atoms with Crippen molar-refractivity contribution >= 4 is 29.2 Å². The van der Waals surface area contributed by atoms with Crippen molar-refractivity contribution in [1.82, 2.24) is 0 Å². The van der Waals surface area contributed by atoms with Gasteiger partial charge in [0.1, 0.15) is 5.60 Å². The molecule has 1 nitrogen and oxygen atoms in total. The first-order chi connectivity index (χ1) is 5.20. The molecule has 2 bridgehead atoms. The van der Waals surface area contributed by atoms with Gasteiger partial charge in [0.15, 0.2) is 0 Å². The Bertz CT molecular complexity index is 183. The van der Waals surface area contributed by atoms with E-state index in [1.54, 1.807) is 0 Å². The molecule has 2 aliphatic rings. The van der Waals surface area contributed by atoms with E-state index in [2.05, 4.69) is 12.6 Å². The highest BCUT2D eigenvalue weighted by molar-refractivity contribution is 8.10. The molecule has 0 heterocycles. The van der Waals surface area contributed by atoms with Crippen LogP contribution in [0.3, 0.4) is 0 Å². The minimum absolute atomic E-state index is 0.115. The molecule has 2 aliphatic carbocycles. The van der Waals surface area contributed by atoms with Gasteiger partial charge in [0.05, 0.1) is 0 Å². The largest absolute Gasteiger partial charge is 0.472 e. The van der Waals surface area contributed by atoms with Gasteiger partial charge in [-0.3, -0.25) is 0 Å². The third-order valence-corrected chi connectivity index (χ3v) is 3.16. The van der Waals surface area contributed by atoms with Crippen LogP contribution in [0.1, 0.15) is 32.1 Å². The van der Waals surface area contributed by atoms with Crippen molar-refractivity contribution in [2.45, 2.75) is 37.7 Å². The molecule has 0 spiro atoms. The lowest BCUT2D eigenvalue weighted by Crippen LogP contribution is -2.27. The Kier molecular flexibility index (Phi) is 1.88. The van der Waals surface area contributed by atoms with Gasteiger partial charge in [0.25, 0.3) is 0 Å². The number of rotatable bonds is 1. The average Bonchev–Trinajstić information content (AvgIpc) is 2.43. The van der Waals surface area contributed by atoms with Crippen LogP contribution in [0.25, 0.3) is 0 Å². The summed E-state index contributed by atoms with van der Waals surface area (Å²) in [5.41, 5.74) is 0.115. The van der Waals surface area contributed by atoms with E-state index in [9.17, 15) is 0 Å². The first kappa shape index (κ1) is 7.87. The zero-order valence-corrected chi connectivity index (χ0v) is 8.09. The molecule has 0 aromatic heterocycles. The number of thiol groups is 1. The summed E-state index contributed by atoms with van der Waals surface area (Å²) in [7, 11) is 0. The normalized spacial score (nSPS) is 41.0. The van der Waals surface area contributed by atoms with Crippen LogP contribution >= 0.6 is 24.8 Å². The zero-order chi connectivity index (χ0) is 7.90. The summed E-state index contributed by atoms with van der Waals surface area (Å²) in [6, 6.07) is 0. The summed E-state index contributed by atoms with van der Waals surface area (Å²) in [5.74, 6) is 0.915. The Morgan fingerprint density at radius 3 is 2.45 bits per heavy atom. The molecule has 2 saturated carbocycles. The van der Waals surface area contributed by atoms with Gasteiger partial charge < -0.3 is 4.74 Å². The van der Waals surface area contributed by atoms with E-state index in [1.807, 2.05) is 0 Å².